The summed E-state index contributed by atoms with van der Waals surface area (Å²) in [5, 5.41) is 5.83. The predicted molar refractivity (Wildman–Crippen MR) is 198 cm³/mol. The van der Waals surface area contributed by atoms with Gasteiger partial charge in [0, 0.05) is 43.6 Å². The lowest BCUT2D eigenvalue weighted by Crippen LogP contribution is -2.04. The summed E-state index contributed by atoms with van der Waals surface area (Å²) in [4.78, 5) is 10.7. The van der Waals surface area contributed by atoms with E-state index in [1.807, 2.05) is 6.07 Å². The van der Waals surface area contributed by atoms with Gasteiger partial charge in [0.15, 0.2) is 0 Å². The highest BCUT2D eigenvalue weighted by Gasteiger charge is 2.28. The van der Waals surface area contributed by atoms with Crippen molar-refractivity contribution in [3.63, 3.8) is 0 Å². The van der Waals surface area contributed by atoms with Gasteiger partial charge in [0.25, 0.3) is 0 Å². The molecule has 4 heteroatoms. The van der Waals surface area contributed by atoms with E-state index in [4.69, 9.17) is 9.97 Å². The van der Waals surface area contributed by atoms with Crippen molar-refractivity contribution in [1.82, 2.24) is 19.1 Å². The third kappa shape index (κ3) is 3.33. The van der Waals surface area contributed by atoms with E-state index in [-0.39, 0.29) is 0 Å². The van der Waals surface area contributed by atoms with E-state index in [2.05, 4.69) is 161 Å². The molecule has 0 saturated heterocycles. The Balaban J connectivity index is 1.39. The molecule has 11 rings (SSSR count). The van der Waals surface area contributed by atoms with E-state index in [0.29, 0.717) is 5.95 Å². The molecule has 0 spiro atoms. The molecule has 3 aromatic heterocycles. The first-order valence-corrected chi connectivity index (χ1v) is 16.4. The normalized spacial score (nSPS) is 12.2. The van der Waals surface area contributed by atoms with Crippen molar-refractivity contribution in [2.45, 2.75) is 0 Å². The molecule has 4 nitrogen and oxygen atoms in total. The van der Waals surface area contributed by atoms with E-state index in [0.717, 1.165) is 33.2 Å². The number of rotatable bonds is 2. The highest BCUT2D eigenvalue weighted by molar-refractivity contribution is 6.30. The Bertz CT molecular complexity index is 2950. The summed E-state index contributed by atoms with van der Waals surface area (Å²) in [5.74, 6) is 0.667. The molecular weight excluding hydrogens is 585 g/mol. The van der Waals surface area contributed by atoms with Gasteiger partial charge in [-0.05, 0) is 41.5 Å². The van der Waals surface area contributed by atoms with Gasteiger partial charge >= 0.3 is 0 Å². The minimum Gasteiger partial charge on any atom is -0.308 e. The highest BCUT2D eigenvalue weighted by atomic mass is 15.2. The van der Waals surface area contributed by atoms with Crippen LogP contribution in [0.3, 0.4) is 0 Å². The third-order valence-electron chi connectivity index (χ3n) is 10.1. The molecule has 0 aliphatic carbocycles. The molecule has 222 valence electrons. The van der Waals surface area contributed by atoms with Crippen LogP contribution in [0, 0.1) is 0 Å². The Morgan fingerprint density at radius 2 is 1.00 bits per heavy atom. The van der Waals surface area contributed by atoms with Gasteiger partial charge in [-0.2, -0.15) is 0 Å². The lowest BCUT2D eigenvalue weighted by atomic mass is 9.92. The van der Waals surface area contributed by atoms with Crippen LogP contribution in [-0.2, 0) is 0 Å². The van der Waals surface area contributed by atoms with Gasteiger partial charge in [-0.15, -0.1) is 0 Å². The minimum atomic E-state index is 0.667. The molecule has 10 aromatic rings. The van der Waals surface area contributed by atoms with E-state index >= 15 is 0 Å². The summed E-state index contributed by atoms with van der Waals surface area (Å²) in [5.41, 5.74) is 13.6. The fourth-order valence-electron chi connectivity index (χ4n) is 8.10. The van der Waals surface area contributed by atoms with Crippen LogP contribution in [0.4, 0.5) is 0 Å². The summed E-state index contributed by atoms with van der Waals surface area (Å²) in [6.45, 7) is 0. The average Bonchev–Trinajstić information content (AvgIpc) is 3.63. The average molecular weight is 611 g/mol. The van der Waals surface area contributed by atoms with Gasteiger partial charge in [-0.3, -0.25) is 4.57 Å². The number of benzene rings is 7. The van der Waals surface area contributed by atoms with Crippen LogP contribution >= 0.6 is 0 Å². The third-order valence-corrected chi connectivity index (χ3v) is 10.1. The second kappa shape index (κ2) is 9.50. The van der Waals surface area contributed by atoms with Crippen molar-refractivity contribution in [2.24, 2.45) is 0 Å². The first kappa shape index (κ1) is 25.6. The Morgan fingerprint density at radius 1 is 0.396 bits per heavy atom. The van der Waals surface area contributed by atoms with Crippen LogP contribution in [0.15, 0.2) is 158 Å². The van der Waals surface area contributed by atoms with Gasteiger partial charge in [-0.25, -0.2) is 9.97 Å². The molecule has 1 aliphatic rings. The van der Waals surface area contributed by atoms with Gasteiger partial charge in [0.1, 0.15) is 0 Å². The molecule has 0 amide bonds. The Labute approximate surface area is 275 Å². The maximum atomic E-state index is 5.40. The number of para-hydroxylation sites is 4. The van der Waals surface area contributed by atoms with E-state index in [1.54, 1.807) is 0 Å². The maximum Gasteiger partial charge on any atom is 0.235 e. The molecule has 0 saturated carbocycles. The Kier molecular flexibility index (Phi) is 5.08. The molecule has 0 radical (unpaired) electrons. The van der Waals surface area contributed by atoms with Crippen molar-refractivity contribution in [2.75, 3.05) is 0 Å². The Hall–Kier alpha value is -6.52. The molecule has 0 fully saturated rings. The molecule has 7 aromatic carbocycles. The summed E-state index contributed by atoms with van der Waals surface area (Å²) >= 11 is 0. The molecule has 0 bridgehead atoms. The van der Waals surface area contributed by atoms with Crippen LogP contribution in [0.25, 0.3) is 99.7 Å². The van der Waals surface area contributed by atoms with Crippen LogP contribution in [-0.4, -0.2) is 19.1 Å². The fourth-order valence-corrected chi connectivity index (χ4v) is 8.10. The van der Waals surface area contributed by atoms with E-state index in [1.165, 1.54) is 60.5 Å². The fraction of sp³-hybridized carbons (Fsp3) is 0. The number of nitrogens with zero attached hydrogens (tertiary/aromatic N) is 4. The smallest absolute Gasteiger partial charge is 0.235 e. The van der Waals surface area contributed by atoms with Crippen molar-refractivity contribution in [3.05, 3.63) is 158 Å². The van der Waals surface area contributed by atoms with Gasteiger partial charge in [-0.1, -0.05) is 127 Å². The largest absolute Gasteiger partial charge is 0.308 e. The molecule has 0 unspecified atom stereocenters. The molecule has 4 heterocycles. The molecule has 1 aliphatic heterocycles. The summed E-state index contributed by atoms with van der Waals surface area (Å²) in [6.07, 6.45) is 0. The summed E-state index contributed by atoms with van der Waals surface area (Å²) in [7, 11) is 0. The quantitative estimate of drug-likeness (QED) is 0.195. The zero-order valence-electron chi connectivity index (χ0n) is 25.8. The van der Waals surface area contributed by atoms with Crippen molar-refractivity contribution in [1.29, 1.82) is 0 Å². The molecule has 0 N–H and O–H groups in total. The Morgan fingerprint density at radius 3 is 1.81 bits per heavy atom. The maximum absolute atomic E-state index is 5.40. The topological polar surface area (TPSA) is 35.6 Å². The molecular formula is C44H26N4. The van der Waals surface area contributed by atoms with Gasteiger partial charge < -0.3 is 4.57 Å². The summed E-state index contributed by atoms with van der Waals surface area (Å²) < 4.78 is 4.79. The lowest BCUT2D eigenvalue weighted by Gasteiger charge is -2.13. The molecule has 0 atom stereocenters. The number of fused-ring (bicyclic) bond motifs is 13. The second-order valence-electron chi connectivity index (χ2n) is 12.6. The van der Waals surface area contributed by atoms with Crippen LogP contribution < -0.4 is 0 Å². The lowest BCUT2D eigenvalue weighted by molar-refractivity contribution is 1.02. The van der Waals surface area contributed by atoms with Gasteiger partial charge in [0.2, 0.25) is 5.95 Å². The number of aromatic nitrogens is 4. The SMILES string of the molecule is c1ccc(-c2nc(-n3c4ccccc4c4cc5c6c(c7ccccc7n6-c6ccccc6-c6ccccc6-5)c43)nc3ccccc23)cc1. The highest BCUT2D eigenvalue weighted by Crippen LogP contribution is 2.50. The summed E-state index contributed by atoms with van der Waals surface area (Å²) in [6, 6.07) is 56.4. The minimum absolute atomic E-state index is 0.667. The monoisotopic (exact) mass is 610 g/mol. The van der Waals surface area contributed by atoms with Crippen molar-refractivity contribution < 1.29 is 0 Å². The van der Waals surface area contributed by atoms with Crippen LogP contribution in [0.5, 0.6) is 0 Å². The molecule has 48 heavy (non-hydrogen) atoms. The standard InChI is InChI=1S/C44H26N4/c1-2-14-27(15-3-1)41-32-20-6-10-22-36(32)45-44(46-41)48-38-24-12-8-19-31(38)35-26-34-29-17-5-4-16-28(29)30-18-7-11-23-37(30)47-39-25-13-9-21-33(39)40(42(34)47)43(35)48/h1-26H. The van der Waals surface area contributed by atoms with Crippen molar-refractivity contribution >= 4 is 54.5 Å². The number of hydrogen-bond acceptors (Lipinski definition) is 2. The second-order valence-corrected chi connectivity index (χ2v) is 12.6. The van der Waals surface area contributed by atoms with Gasteiger partial charge in [0.05, 0.1) is 39.0 Å². The van der Waals surface area contributed by atoms with Crippen molar-refractivity contribution in [3.8, 4) is 45.1 Å². The van der Waals surface area contributed by atoms with Crippen LogP contribution in [0.1, 0.15) is 0 Å². The van der Waals surface area contributed by atoms with Crippen LogP contribution in [0.2, 0.25) is 0 Å². The first-order valence-electron chi connectivity index (χ1n) is 16.4. The number of hydrogen-bond donors (Lipinski definition) is 0. The van der Waals surface area contributed by atoms with E-state index < -0.39 is 0 Å². The van der Waals surface area contributed by atoms with E-state index in [9.17, 15) is 0 Å². The first-order chi connectivity index (χ1) is 23.8. The zero-order valence-corrected chi connectivity index (χ0v) is 25.8. The predicted octanol–water partition coefficient (Wildman–Crippen LogP) is 11.1. The zero-order chi connectivity index (χ0) is 31.3.